The molecule has 0 bridgehead atoms. The minimum atomic E-state index is -0.763. The van der Waals surface area contributed by atoms with Crippen molar-refractivity contribution in [1.82, 2.24) is 10.4 Å². The summed E-state index contributed by atoms with van der Waals surface area (Å²) in [6, 6.07) is 4.60. The lowest BCUT2D eigenvalue weighted by atomic mass is 10.1. The molecule has 2 aromatic rings. The number of nitro benzene ring substituents is 1. The van der Waals surface area contributed by atoms with Crippen LogP contribution in [0.5, 0.6) is 0 Å². The summed E-state index contributed by atoms with van der Waals surface area (Å²) in [5.74, 6) is -0.763. The molecule has 0 fully saturated rings. The van der Waals surface area contributed by atoms with Crippen LogP contribution in [0.2, 0.25) is 15.2 Å². The van der Waals surface area contributed by atoms with Gasteiger partial charge in [-0.3, -0.25) is 14.9 Å². The molecular weight excluding hydrogens is 405 g/mol. The Kier molecular flexibility index (Phi) is 6.01. The number of hydrogen-bond donors (Lipinski definition) is 2. The van der Waals surface area contributed by atoms with Crippen LogP contribution in [0.3, 0.4) is 0 Å². The molecule has 0 saturated carbocycles. The van der Waals surface area contributed by atoms with Crippen molar-refractivity contribution in [3.63, 3.8) is 0 Å². The minimum absolute atomic E-state index is 0.0506. The third-order valence-corrected chi connectivity index (χ3v) is 4.57. The van der Waals surface area contributed by atoms with Crippen LogP contribution in [0.1, 0.15) is 28.5 Å². The molecule has 1 amide bonds. The second kappa shape index (κ2) is 7.86. The summed E-state index contributed by atoms with van der Waals surface area (Å²) in [6.07, 6.45) is 0. The van der Waals surface area contributed by atoms with E-state index in [-0.39, 0.29) is 32.3 Å². The predicted molar refractivity (Wildman–Crippen MR) is 101 cm³/mol. The van der Waals surface area contributed by atoms with Crippen LogP contribution >= 0.6 is 34.8 Å². The summed E-state index contributed by atoms with van der Waals surface area (Å²) in [6.45, 7) is 3.20. The molecule has 2 rings (SSSR count). The number of aryl methyl sites for hydroxylation is 1. The van der Waals surface area contributed by atoms with Crippen LogP contribution in [0.25, 0.3) is 0 Å². The molecule has 0 radical (unpaired) electrons. The molecule has 0 aliphatic rings. The zero-order valence-electron chi connectivity index (χ0n) is 13.5. The monoisotopic (exact) mass is 415 g/mol. The molecular formula is C15H12Cl3N5O3. The molecule has 0 aliphatic carbocycles. The molecule has 3 N–H and O–H groups in total. The van der Waals surface area contributed by atoms with Gasteiger partial charge in [-0.05, 0) is 13.8 Å². The normalized spacial score (nSPS) is 11.3. The van der Waals surface area contributed by atoms with Gasteiger partial charge in [-0.2, -0.15) is 5.10 Å². The number of pyridine rings is 1. The number of nitrogens with one attached hydrogen (secondary N) is 1. The number of halogens is 3. The van der Waals surface area contributed by atoms with Gasteiger partial charge in [0.15, 0.2) is 10.8 Å². The number of hydrogen-bond acceptors (Lipinski definition) is 6. The van der Waals surface area contributed by atoms with E-state index in [9.17, 15) is 14.9 Å². The van der Waals surface area contributed by atoms with Crippen LogP contribution in [0.4, 0.5) is 11.4 Å². The van der Waals surface area contributed by atoms with Crippen molar-refractivity contribution in [3.8, 4) is 0 Å². The first-order chi connectivity index (χ1) is 12.1. The highest BCUT2D eigenvalue weighted by molar-refractivity contribution is 6.46. The quantitative estimate of drug-likeness (QED) is 0.337. The average molecular weight is 417 g/mol. The van der Waals surface area contributed by atoms with E-state index in [4.69, 9.17) is 40.5 Å². The number of nitrogens with two attached hydrogens (primary N) is 1. The zero-order valence-corrected chi connectivity index (χ0v) is 15.8. The maximum atomic E-state index is 12.2. The van der Waals surface area contributed by atoms with Crippen molar-refractivity contribution in [3.05, 3.63) is 60.3 Å². The van der Waals surface area contributed by atoms with Gasteiger partial charge in [0.25, 0.3) is 11.6 Å². The number of hydrazone groups is 1. The van der Waals surface area contributed by atoms with Gasteiger partial charge in [-0.15, -0.1) is 0 Å². The highest BCUT2D eigenvalue weighted by atomic mass is 35.5. The maximum Gasteiger partial charge on any atom is 0.291 e. The van der Waals surface area contributed by atoms with E-state index < -0.39 is 10.8 Å². The van der Waals surface area contributed by atoms with E-state index in [0.717, 1.165) is 0 Å². The van der Waals surface area contributed by atoms with Crippen molar-refractivity contribution in [2.45, 2.75) is 13.8 Å². The Morgan fingerprint density at radius 1 is 1.31 bits per heavy atom. The van der Waals surface area contributed by atoms with Crippen LogP contribution in [-0.2, 0) is 0 Å². The number of rotatable bonds is 4. The van der Waals surface area contributed by atoms with Crippen molar-refractivity contribution in [1.29, 1.82) is 0 Å². The van der Waals surface area contributed by atoms with Gasteiger partial charge in [0.1, 0.15) is 5.02 Å². The van der Waals surface area contributed by atoms with Crippen LogP contribution < -0.4 is 11.2 Å². The van der Waals surface area contributed by atoms with Gasteiger partial charge in [0.05, 0.1) is 21.3 Å². The number of nitrogen functional groups attached to an aromatic ring is 1. The molecule has 0 saturated heterocycles. The first-order valence-electron chi connectivity index (χ1n) is 7.03. The number of anilines is 1. The molecule has 1 aromatic carbocycles. The number of amides is 1. The fourth-order valence-corrected chi connectivity index (χ4v) is 2.56. The second-order valence-corrected chi connectivity index (χ2v) is 6.30. The molecule has 0 unspecified atom stereocenters. The average Bonchev–Trinajstić information content (AvgIpc) is 2.60. The lowest BCUT2D eigenvalue weighted by Gasteiger charge is -2.08. The van der Waals surface area contributed by atoms with Crippen LogP contribution in [0, 0.1) is 17.0 Å². The third-order valence-electron chi connectivity index (χ3n) is 3.44. The topological polar surface area (TPSA) is 124 Å². The highest BCUT2D eigenvalue weighted by Crippen LogP contribution is 2.34. The van der Waals surface area contributed by atoms with Crippen molar-refractivity contribution in [2.24, 2.45) is 5.10 Å². The molecule has 0 atom stereocenters. The van der Waals surface area contributed by atoms with Crippen LogP contribution in [-0.4, -0.2) is 21.5 Å². The number of benzene rings is 1. The fraction of sp³-hybridized carbons (Fsp3) is 0.133. The van der Waals surface area contributed by atoms with Crippen molar-refractivity contribution >= 4 is 57.8 Å². The lowest BCUT2D eigenvalue weighted by molar-refractivity contribution is -0.385. The van der Waals surface area contributed by atoms with Crippen molar-refractivity contribution in [2.75, 3.05) is 5.73 Å². The standard InChI is InChI=1S/C15H12Cl3N5O3/c1-6-3-4-8(5-9(6)23(25)26)7(2)21-22-15(24)13-10(16)12(19)11(17)14(18)20-13/h3-5H,1-2H3,(H2,19,20)(H,22,24). The Balaban J connectivity index is 2.29. The van der Waals surface area contributed by atoms with Gasteiger partial charge in [0, 0.05) is 17.2 Å². The van der Waals surface area contributed by atoms with E-state index in [1.54, 1.807) is 26.0 Å². The number of carbonyl (C=O) groups is 1. The Labute approximate surface area is 163 Å². The van der Waals surface area contributed by atoms with E-state index >= 15 is 0 Å². The third kappa shape index (κ3) is 4.04. The van der Waals surface area contributed by atoms with E-state index in [1.807, 2.05) is 0 Å². The Morgan fingerprint density at radius 2 is 1.96 bits per heavy atom. The van der Waals surface area contributed by atoms with Crippen molar-refractivity contribution < 1.29 is 9.72 Å². The first-order valence-corrected chi connectivity index (χ1v) is 8.16. The Morgan fingerprint density at radius 3 is 2.58 bits per heavy atom. The summed E-state index contributed by atoms with van der Waals surface area (Å²) in [4.78, 5) is 26.5. The Bertz CT molecular complexity index is 947. The molecule has 0 spiro atoms. The summed E-state index contributed by atoms with van der Waals surface area (Å²) in [5.41, 5.74) is 8.86. The molecule has 11 heteroatoms. The van der Waals surface area contributed by atoms with Gasteiger partial charge in [-0.25, -0.2) is 10.4 Å². The first kappa shape index (κ1) is 19.9. The summed E-state index contributed by atoms with van der Waals surface area (Å²) < 4.78 is 0. The molecule has 1 aromatic heterocycles. The van der Waals surface area contributed by atoms with Crippen LogP contribution in [0.15, 0.2) is 23.3 Å². The molecule has 136 valence electrons. The number of nitrogens with zero attached hydrogens (tertiary/aromatic N) is 3. The van der Waals surface area contributed by atoms with E-state index in [1.165, 1.54) is 6.07 Å². The van der Waals surface area contributed by atoms with E-state index in [2.05, 4.69) is 15.5 Å². The minimum Gasteiger partial charge on any atom is -0.396 e. The number of aromatic nitrogens is 1. The summed E-state index contributed by atoms with van der Waals surface area (Å²) in [7, 11) is 0. The predicted octanol–water partition coefficient (Wildman–Crippen LogP) is 3.99. The van der Waals surface area contributed by atoms with E-state index in [0.29, 0.717) is 16.8 Å². The van der Waals surface area contributed by atoms with Gasteiger partial charge in [-0.1, -0.05) is 46.9 Å². The Hall–Kier alpha value is -2.42. The summed E-state index contributed by atoms with van der Waals surface area (Å²) in [5, 5.41) is 14.5. The van der Waals surface area contributed by atoms with Gasteiger partial charge < -0.3 is 5.73 Å². The largest absolute Gasteiger partial charge is 0.396 e. The molecule has 26 heavy (non-hydrogen) atoms. The molecule has 1 heterocycles. The van der Waals surface area contributed by atoms with Gasteiger partial charge in [0.2, 0.25) is 0 Å². The zero-order chi connectivity index (χ0) is 19.6. The molecule has 0 aliphatic heterocycles. The molecule has 8 nitrogen and oxygen atoms in total. The number of nitro groups is 1. The van der Waals surface area contributed by atoms with Gasteiger partial charge >= 0.3 is 0 Å². The lowest BCUT2D eigenvalue weighted by Crippen LogP contribution is -2.21. The SMILES string of the molecule is CC(=NNC(=O)c1nc(Cl)c(Cl)c(N)c1Cl)c1ccc(C)c([N+](=O)[O-])c1. The number of carbonyl (C=O) groups excluding carboxylic acids is 1. The summed E-state index contributed by atoms with van der Waals surface area (Å²) >= 11 is 17.6. The fourth-order valence-electron chi connectivity index (χ4n) is 1.97. The second-order valence-electron chi connectivity index (χ2n) is 5.19. The maximum absolute atomic E-state index is 12.2. The smallest absolute Gasteiger partial charge is 0.291 e. The highest BCUT2D eigenvalue weighted by Gasteiger charge is 2.20.